The third-order valence-electron chi connectivity index (χ3n) is 3.02. The van der Waals surface area contributed by atoms with Crippen LogP contribution in [-0.4, -0.2) is 46.4 Å². The van der Waals surface area contributed by atoms with E-state index in [0.717, 1.165) is 31.9 Å². The Morgan fingerprint density at radius 1 is 1.42 bits per heavy atom. The van der Waals surface area contributed by atoms with E-state index in [4.69, 9.17) is 0 Å². The molecule has 19 heavy (non-hydrogen) atoms. The van der Waals surface area contributed by atoms with E-state index in [0.29, 0.717) is 0 Å². The van der Waals surface area contributed by atoms with E-state index in [1.165, 1.54) is 0 Å². The number of carbonyl (C=O) groups is 1. The molecule has 0 saturated carbocycles. The number of aromatic nitrogens is 2. The topological polar surface area (TPSA) is 62.2 Å². The van der Waals surface area contributed by atoms with Crippen LogP contribution in [0.1, 0.15) is 27.7 Å². The van der Waals surface area contributed by atoms with E-state index in [9.17, 15) is 4.79 Å². The lowest BCUT2D eigenvalue weighted by Crippen LogP contribution is -2.43. The van der Waals surface area contributed by atoms with Gasteiger partial charge in [-0.25, -0.2) is 4.79 Å². The van der Waals surface area contributed by atoms with Crippen molar-refractivity contribution < 1.29 is 4.79 Å². The van der Waals surface area contributed by atoms with E-state index >= 15 is 0 Å². The van der Waals surface area contributed by atoms with Gasteiger partial charge in [0.25, 0.3) is 0 Å². The maximum atomic E-state index is 11.8. The molecule has 1 aromatic rings. The fourth-order valence-electron chi connectivity index (χ4n) is 1.91. The summed E-state index contributed by atoms with van der Waals surface area (Å²) in [5.74, 6) is 0. The van der Waals surface area contributed by atoms with Crippen LogP contribution in [0.2, 0.25) is 0 Å². The van der Waals surface area contributed by atoms with Crippen molar-refractivity contribution in [2.45, 2.75) is 40.3 Å². The molecule has 0 aromatic carbocycles. The first-order valence-corrected chi connectivity index (χ1v) is 6.91. The van der Waals surface area contributed by atoms with Crippen molar-refractivity contribution in [3.63, 3.8) is 0 Å². The third kappa shape index (κ3) is 5.30. The molecule has 0 bridgehead atoms. The molecule has 108 valence electrons. The lowest BCUT2D eigenvalue weighted by atomic mass is 10.3. The van der Waals surface area contributed by atoms with Crippen molar-refractivity contribution in [3.05, 3.63) is 12.4 Å². The molecule has 0 saturated heterocycles. The molecule has 1 aromatic heterocycles. The predicted molar refractivity (Wildman–Crippen MR) is 77.3 cm³/mol. The number of nitrogens with zero attached hydrogens (tertiary/aromatic N) is 3. The molecule has 2 amide bonds. The Bertz CT molecular complexity index is 386. The first-order chi connectivity index (χ1) is 9.08. The molecular formula is C13H25N5O. The summed E-state index contributed by atoms with van der Waals surface area (Å²) in [7, 11) is 0. The van der Waals surface area contributed by atoms with E-state index < -0.39 is 0 Å². The first kappa shape index (κ1) is 15.5. The Morgan fingerprint density at radius 3 is 2.63 bits per heavy atom. The molecule has 1 rings (SSSR count). The standard InChI is InChI=1S/C13H25N5O/c1-5-17(6-2)9-11(4)15-13(19)16-12-8-14-18(7-3)10-12/h8,10-11H,5-7,9H2,1-4H3,(H2,15,16,19)/t11-/m1/s1. The Balaban J connectivity index is 2.37. The van der Waals surface area contributed by atoms with Gasteiger partial charge in [0, 0.05) is 25.3 Å². The highest BCUT2D eigenvalue weighted by molar-refractivity contribution is 5.89. The number of rotatable bonds is 7. The van der Waals surface area contributed by atoms with Gasteiger partial charge in [0.2, 0.25) is 0 Å². The summed E-state index contributed by atoms with van der Waals surface area (Å²) in [6, 6.07) is -0.0728. The Kier molecular flexibility index (Phi) is 6.35. The summed E-state index contributed by atoms with van der Waals surface area (Å²) in [4.78, 5) is 14.1. The van der Waals surface area contributed by atoms with Crippen LogP contribution in [0.25, 0.3) is 0 Å². The highest BCUT2D eigenvalue weighted by Gasteiger charge is 2.10. The van der Waals surface area contributed by atoms with E-state index in [2.05, 4.69) is 34.5 Å². The minimum Gasteiger partial charge on any atom is -0.334 e. The molecule has 1 heterocycles. The fourth-order valence-corrected chi connectivity index (χ4v) is 1.91. The van der Waals surface area contributed by atoms with Crippen LogP contribution in [0.3, 0.4) is 0 Å². The summed E-state index contributed by atoms with van der Waals surface area (Å²) >= 11 is 0. The average Bonchev–Trinajstić information content (AvgIpc) is 2.83. The number of hydrogen-bond donors (Lipinski definition) is 2. The van der Waals surface area contributed by atoms with E-state index in [1.807, 2.05) is 20.0 Å². The van der Waals surface area contributed by atoms with Gasteiger partial charge in [0.15, 0.2) is 0 Å². The smallest absolute Gasteiger partial charge is 0.319 e. The lowest BCUT2D eigenvalue weighted by molar-refractivity contribution is 0.238. The maximum absolute atomic E-state index is 11.8. The summed E-state index contributed by atoms with van der Waals surface area (Å²) in [5.41, 5.74) is 0.717. The van der Waals surface area contributed by atoms with Gasteiger partial charge in [-0.1, -0.05) is 13.8 Å². The molecule has 6 nitrogen and oxygen atoms in total. The van der Waals surface area contributed by atoms with Crippen molar-refractivity contribution >= 4 is 11.7 Å². The average molecular weight is 267 g/mol. The predicted octanol–water partition coefficient (Wildman–Crippen LogP) is 1.75. The number of likely N-dealkylation sites (N-methyl/N-ethyl adjacent to an activating group) is 1. The number of anilines is 1. The maximum Gasteiger partial charge on any atom is 0.319 e. The molecule has 0 aliphatic rings. The molecule has 0 unspecified atom stereocenters. The molecule has 0 spiro atoms. The zero-order valence-electron chi connectivity index (χ0n) is 12.3. The van der Waals surface area contributed by atoms with Crippen LogP contribution >= 0.6 is 0 Å². The number of urea groups is 1. The van der Waals surface area contributed by atoms with Gasteiger partial charge in [0.1, 0.15) is 0 Å². The highest BCUT2D eigenvalue weighted by Crippen LogP contribution is 2.04. The van der Waals surface area contributed by atoms with Crippen LogP contribution < -0.4 is 10.6 Å². The quantitative estimate of drug-likeness (QED) is 0.791. The minimum atomic E-state index is -0.185. The molecule has 0 fully saturated rings. The number of amides is 2. The Labute approximate surface area is 115 Å². The number of nitrogens with one attached hydrogen (secondary N) is 2. The van der Waals surface area contributed by atoms with Gasteiger partial charge in [-0.05, 0) is 26.9 Å². The molecule has 2 N–H and O–H groups in total. The molecular weight excluding hydrogens is 242 g/mol. The molecule has 1 atom stereocenters. The van der Waals surface area contributed by atoms with Crippen LogP contribution in [0.4, 0.5) is 10.5 Å². The zero-order valence-corrected chi connectivity index (χ0v) is 12.3. The van der Waals surface area contributed by atoms with Crippen LogP contribution in [-0.2, 0) is 6.54 Å². The van der Waals surface area contributed by atoms with E-state index in [1.54, 1.807) is 10.9 Å². The molecule has 6 heteroatoms. The monoisotopic (exact) mass is 267 g/mol. The van der Waals surface area contributed by atoms with Gasteiger partial charge >= 0.3 is 6.03 Å². The number of carbonyl (C=O) groups excluding carboxylic acids is 1. The highest BCUT2D eigenvalue weighted by atomic mass is 16.2. The second-order valence-electron chi connectivity index (χ2n) is 4.57. The van der Waals surface area contributed by atoms with Gasteiger partial charge in [-0.3, -0.25) is 4.68 Å². The molecule has 0 radical (unpaired) electrons. The van der Waals surface area contributed by atoms with Crippen molar-refractivity contribution in [1.29, 1.82) is 0 Å². The van der Waals surface area contributed by atoms with Crippen LogP contribution in [0.15, 0.2) is 12.4 Å². The normalized spacial score (nSPS) is 12.5. The Morgan fingerprint density at radius 2 is 2.11 bits per heavy atom. The van der Waals surface area contributed by atoms with Gasteiger partial charge in [-0.15, -0.1) is 0 Å². The molecule has 0 aliphatic heterocycles. The van der Waals surface area contributed by atoms with Gasteiger partial charge < -0.3 is 15.5 Å². The van der Waals surface area contributed by atoms with Crippen LogP contribution in [0, 0.1) is 0 Å². The Hall–Kier alpha value is -1.56. The van der Waals surface area contributed by atoms with Crippen molar-refractivity contribution in [3.8, 4) is 0 Å². The third-order valence-corrected chi connectivity index (χ3v) is 3.02. The summed E-state index contributed by atoms with van der Waals surface area (Å²) < 4.78 is 1.77. The number of aryl methyl sites for hydroxylation is 1. The van der Waals surface area contributed by atoms with Crippen molar-refractivity contribution in [2.75, 3.05) is 25.0 Å². The van der Waals surface area contributed by atoms with Gasteiger partial charge in [0.05, 0.1) is 11.9 Å². The second-order valence-corrected chi connectivity index (χ2v) is 4.57. The summed E-state index contributed by atoms with van der Waals surface area (Å²) in [6.45, 7) is 11.9. The second kappa shape index (κ2) is 7.78. The minimum absolute atomic E-state index is 0.112. The van der Waals surface area contributed by atoms with Crippen molar-refractivity contribution in [1.82, 2.24) is 20.0 Å². The summed E-state index contributed by atoms with van der Waals surface area (Å²) in [6.07, 6.45) is 3.47. The SMILES string of the molecule is CCN(CC)C[C@@H](C)NC(=O)Nc1cnn(CC)c1. The van der Waals surface area contributed by atoms with Gasteiger partial charge in [-0.2, -0.15) is 5.10 Å². The van der Waals surface area contributed by atoms with Crippen molar-refractivity contribution in [2.24, 2.45) is 0 Å². The largest absolute Gasteiger partial charge is 0.334 e. The molecule has 0 aliphatic carbocycles. The zero-order chi connectivity index (χ0) is 14.3. The van der Waals surface area contributed by atoms with Crippen LogP contribution in [0.5, 0.6) is 0 Å². The first-order valence-electron chi connectivity index (χ1n) is 6.91. The van der Waals surface area contributed by atoms with E-state index in [-0.39, 0.29) is 12.1 Å². The number of hydrogen-bond acceptors (Lipinski definition) is 3. The fraction of sp³-hybridized carbons (Fsp3) is 0.692. The summed E-state index contributed by atoms with van der Waals surface area (Å²) in [5, 5.41) is 9.82. The lowest BCUT2D eigenvalue weighted by Gasteiger charge is -2.23.